The molecule has 0 aromatic heterocycles. The van der Waals surface area contributed by atoms with E-state index in [1.54, 1.807) is 0 Å². The zero-order valence-electron chi connectivity index (χ0n) is 12.0. The average molecular weight is 304 g/mol. The van der Waals surface area contributed by atoms with Gasteiger partial charge in [0.1, 0.15) is 0 Å². The van der Waals surface area contributed by atoms with E-state index in [9.17, 15) is 9.59 Å². The second kappa shape index (κ2) is 8.47. The highest BCUT2D eigenvalue weighted by molar-refractivity contribution is 5.85. The van der Waals surface area contributed by atoms with Gasteiger partial charge in [0.25, 0.3) is 0 Å². The molecule has 0 aromatic rings. The quantitative estimate of drug-likeness (QED) is 0.810. The molecule has 1 aliphatic heterocycles. The van der Waals surface area contributed by atoms with Gasteiger partial charge in [-0.25, -0.2) is 0 Å². The molecule has 1 unspecified atom stereocenters. The lowest BCUT2D eigenvalue weighted by Gasteiger charge is -2.33. The van der Waals surface area contributed by atoms with Crippen molar-refractivity contribution in [2.45, 2.75) is 38.5 Å². The highest BCUT2D eigenvalue weighted by Gasteiger charge is 2.32. The Morgan fingerprint density at radius 2 is 1.75 bits per heavy atom. The average Bonchev–Trinajstić information content (AvgIpc) is 2.98. The Morgan fingerprint density at radius 1 is 1.10 bits per heavy atom. The van der Waals surface area contributed by atoms with Gasteiger partial charge in [-0.1, -0.05) is 12.8 Å². The highest BCUT2D eigenvalue weighted by atomic mass is 35.5. The summed E-state index contributed by atoms with van der Waals surface area (Å²) in [7, 11) is 0. The van der Waals surface area contributed by atoms with E-state index >= 15 is 0 Å². The first kappa shape index (κ1) is 17.2. The highest BCUT2D eigenvalue weighted by Crippen LogP contribution is 2.28. The summed E-state index contributed by atoms with van der Waals surface area (Å²) in [6.45, 7) is 2.39. The maximum atomic E-state index is 12.4. The number of nitrogens with zero attached hydrogens (tertiary/aromatic N) is 1. The third-order valence-corrected chi connectivity index (χ3v) is 4.25. The van der Waals surface area contributed by atoms with Gasteiger partial charge in [0.05, 0.1) is 5.92 Å². The standard InChI is InChI=1S/C14H25N3O2.ClH/c15-7-8-16-13(18)12-6-3-9-17(10-12)14(19)11-4-1-2-5-11;/h11-12H,1-10,15H2,(H,16,18);1H. The van der Waals surface area contributed by atoms with Crippen LogP contribution in [-0.2, 0) is 9.59 Å². The number of hydrogen-bond donors (Lipinski definition) is 2. The number of rotatable bonds is 4. The summed E-state index contributed by atoms with van der Waals surface area (Å²) in [5.74, 6) is 0.486. The van der Waals surface area contributed by atoms with Crippen molar-refractivity contribution >= 4 is 24.2 Å². The molecule has 2 amide bonds. The summed E-state index contributed by atoms with van der Waals surface area (Å²) in [6.07, 6.45) is 6.21. The normalized spacial score (nSPS) is 23.2. The van der Waals surface area contributed by atoms with E-state index in [-0.39, 0.29) is 36.1 Å². The molecule has 2 rings (SSSR count). The molecule has 5 nitrogen and oxygen atoms in total. The predicted octanol–water partition coefficient (Wildman–Crippen LogP) is 0.912. The number of halogens is 1. The Bertz CT molecular complexity index is 332. The molecule has 2 fully saturated rings. The van der Waals surface area contributed by atoms with Crippen LogP contribution in [0.4, 0.5) is 0 Å². The fourth-order valence-corrected chi connectivity index (χ4v) is 3.16. The summed E-state index contributed by atoms with van der Waals surface area (Å²) in [6, 6.07) is 0. The first-order valence-corrected chi connectivity index (χ1v) is 7.49. The van der Waals surface area contributed by atoms with E-state index in [1.807, 2.05) is 4.90 Å². The van der Waals surface area contributed by atoms with E-state index in [2.05, 4.69) is 5.32 Å². The molecule has 3 N–H and O–H groups in total. The van der Waals surface area contributed by atoms with Gasteiger partial charge in [-0.3, -0.25) is 9.59 Å². The van der Waals surface area contributed by atoms with Crippen LogP contribution in [0.25, 0.3) is 0 Å². The van der Waals surface area contributed by atoms with Crippen molar-refractivity contribution < 1.29 is 9.59 Å². The smallest absolute Gasteiger partial charge is 0.225 e. The maximum absolute atomic E-state index is 12.4. The summed E-state index contributed by atoms with van der Waals surface area (Å²) < 4.78 is 0. The lowest BCUT2D eigenvalue weighted by atomic mass is 9.95. The van der Waals surface area contributed by atoms with Crippen LogP contribution >= 0.6 is 12.4 Å². The van der Waals surface area contributed by atoms with Crippen LogP contribution < -0.4 is 11.1 Å². The van der Waals surface area contributed by atoms with Gasteiger partial charge >= 0.3 is 0 Å². The number of piperidine rings is 1. The molecule has 20 heavy (non-hydrogen) atoms. The predicted molar refractivity (Wildman–Crippen MR) is 80.6 cm³/mol. The molecule has 1 aliphatic carbocycles. The molecular weight excluding hydrogens is 278 g/mol. The van der Waals surface area contributed by atoms with E-state index < -0.39 is 0 Å². The maximum Gasteiger partial charge on any atom is 0.225 e. The minimum absolute atomic E-state index is 0. The fourth-order valence-electron chi connectivity index (χ4n) is 3.16. The van der Waals surface area contributed by atoms with Gasteiger partial charge in [0, 0.05) is 32.1 Å². The minimum Gasteiger partial charge on any atom is -0.355 e. The van der Waals surface area contributed by atoms with Gasteiger partial charge in [-0.15, -0.1) is 12.4 Å². The largest absolute Gasteiger partial charge is 0.355 e. The Balaban J connectivity index is 0.00000200. The van der Waals surface area contributed by atoms with E-state index in [0.29, 0.717) is 19.6 Å². The molecular formula is C14H26ClN3O2. The minimum atomic E-state index is -0.0503. The molecule has 1 heterocycles. The molecule has 6 heteroatoms. The van der Waals surface area contributed by atoms with Crippen LogP contribution in [0, 0.1) is 11.8 Å². The number of nitrogens with one attached hydrogen (secondary N) is 1. The number of amides is 2. The molecule has 1 saturated carbocycles. The summed E-state index contributed by atoms with van der Waals surface area (Å²) in [5, 5.41) is 2.83. The first-order valence-electron chi connectivity index (χ1n) is 7.49. The molecule has 116 valence electrons. The Hall–Kier alpha value is -0.810. The van der Waals surface area contributed by atoms with Crippen LogP contribution in [0.15, 0.2) is 0 Å². The molecule has 1 saturated heterocycles. The topological polar surface area (TPSA) is 75.4 Å². The van der Waals surface area contributed by atoms with Crippen LogP contribution in [0.3, 0.4) is 0 Å². The van der Waals surface area contributed by atoms with Crippen molar-refractivity contribution in [1.29, 1.82) is 0 Å². The van der Waals surface area contributed by atoms with Crippen molar-refractivity contribution in [3.63, 3.8) is 0 Å². The summed E-state index contributed by atoms with van der Waals surface area (Å²) >= 11 is 0. The monoisotopic (exact) mass is 303 g/mol. The van der Waals surface area contributed by atoms with Gasteiger partial charge in [0.2, 0.25) is 11.8 Å². The lowest BCUT2D eigenvalue weighted by Crippen LogP contribution is -2.47. The Morgan fingerprint density at radius 3 is 2.40 bits per heavy atom. The van der Waals surface area contributed by atoms with Gasteiger partial charge < -0.3 is 16.0 Å². The molecule has 0 radical (unpaired) electrons. The van der Waals surface area contributed by atoms with E-state index in [0.717, 1.165) is 32.2 Å². The Kier molecular flexibility index (Phi) is 7.30. The number of hydrogen-bond acceptors (Lipinski definition) is 3. The molecule has 0 aromatic carbocycles. The molecule has 0 spiro atoms. The number of likely N-dealkylation sites (tertiary alicyclic amines) is 1. The van der Waals surface area contributed by atoms with E-state index in [4.69, 9.17) is 5.73 Å². The molecule has 2 aliphatic rings. The molecule has 1 atom stereocenters. The SMILES string of the molecule is Cl.NCCNC(=O)C1CCCN(C(=O)C2CCCC2)C1. The van der Waals surface area contributed by atoms with Crippen molar-refractivity contribution in [1.82, 2.24) is 10.2 Å². The van der Waals surface area contributed by atoms with Crippen LogP contribution in [-0.4, -0.2) is 42.9 Å². The Labute approximate surface area is 127 Å². The second-order valence-electron chi connectivity index (χ2n) is 5.68. The summed E-state index contributed by atoms with van der Waals surface area (Å²) in [5.41, 5.74) is 5.39. The van der Waals surface area contributed by atoms with Crippen LogP contribution in [0.1, 0.15) is 38.5 Å². The van der Waals surface area contributed by atoms with Gasteiger partial charge in [-0.05, 0) is 25.7 Å². The number of nitrogens with two attached hydrogens (primary N) is 1. The van der Waals surface area contributed by atoms with E-state index in [1.165, 1.54) is 12.8 Å². The zero-order valence-corrected chi connectivity index (χ0v) is 12.8. The molecule has 0 bridgehead atoms. The third-order valence-electron chi connectivity index (χ3n) is 4.25. The van der Waals surface area contributed by atoms with Crippen molar-refractivity contribution in [2.24, 2.45) is 17.6 Å². The first-order chi connectivity index (χ1) is 9.22. The lowest BCUT2D eigenvalue weighted by molar-refractivity contribution is -0.139. The van der Waals surface area contributed by atoms with Crippen molar-refractivity contribution in [3.8, 4) is 0 Å². The second-order valence-corrected chi connectivity index (χ2v) is 5.68. The van der Waals surface area contributed by atoms with Crippen LogP contribution in [0.5, 0.6) is 0 Å². The summed E-state index contributed by atoms with van der Waals surface area (Å²) in [4.78, 5) is 26.2. The number of carbonyl (C=O) groups is 2. The van der Waals surface area contributed by atoms with Crippen molar-refractivity contribution in [2.75, 3.05) is 26.2 Å². The van der Waals surface area contributed by atoms with Crippen LogP contribution in [0.2, 0.25) is 0 Å². The van der Waals surface area contributed by atoms with Gasteiger partial charge in [-0.2, -0.15) is 0 Å². The van der Waals surface area contributed by atoms with Crippen molar-refractivity contribution in [3.05, 3.63) is 0 Å². The number of carbonyl (C=O) groups excluding carboxylic acids is 2. The fraction of sp³-hybridized carbons (Fsp3) is 0.857. The third kappa shape index (κ3) is 4.35. The van der Waals surface area contributed by atoms with Gasteiger partial charge in [0.15, 0.2) is 0 Å². The zero-order chi connectivity index (χ0) is 13.7.